The van der Waals surface area contributed by atoms with E-state index >= 15 is 0 Å². The van der Waals surface area contributed by atoms with Crippen molar-refractivity contribution in [3.05, 3.63) is 0 Å². The highest BCUT2D eigenvalue weighted by Gasteiger charge is 2.38. The van der Waals surface area contributed by atoms with Gasteiger partial charge in [-0.25, -0.2) is 8.78 Å². The molecule has 2 saturated carbocycles. The molecule has 0 nitrogen and oxygen atoms in total. The molecule has 15 heavy (non-hydrogen) atoms. The molecule has 0 spiro atoms. The second-order valence-electron chi connectivity index (χ2n) is 5.23. The van der Waals surface area contributed by atoms with Crippen molar-refractivity contribution in [1.29, 1.82) is 0 Å². The van der Waals surface area contributed by atoms with E-state index in [2.05, 4.69) is 0 Å². The lowest BCUT2D eigenvalue weighted by molar-refractivity contribution is 0.0263. The van der Waals surface area contributed by atoms with Crippen molar-refractivity contribution >= 4 is 7.85 Å². The topological polar surface area (TPSA) is 0 Å². The maximum atomic E-state index is 13.7. The van der Waals surface area contributed by atoms with Gasteiger partial charge in [0, 0.05) is 0 Å². The lowest BCUT2D eigenvalue weighted by Gasteiger charge is -2.38. The number of halogens is 2. The third-order valence-electron chi connectivity index (χ3n) is 4.19. The minimum atomic E-state index is -1.21. The van der Waals surface area contributed by atoms with E-state index in [4.69, 9.17) is 7.85 Å². The Labute approximate surface area is 92.2 Å². The summed E-state index contributed by atoms with van der Waals surface area (Å²) < 4.78 is 27.0. The zero-order valence-electron chi connectivity index (χ0n) is 9.17. The number of hydrogen-bond donors (Lipinski definition) is 0. The molecule has 0 amide bonds. The highest BCUT2D eigenvalue weighted by atomic mass is 19.2. The van der Waals surface area contributed by atoms with E-state index in [1.165, 1.54) is 0 Å². The van der Waals surface area contributed by atoms with Gasteiger partial charge in [-0.15, -0.1) is 0 Å². The van der Waals surface area contributed by atoms with Gasteiger partial charge >= 0.3 is 0 Å². The molecular weight excluding hydrogens is 193 g/mol. The molecule has 3 unspecified atom stereocenters. The van der Waals surface area contributed by atoms with Gasteiger partial charge in [-0.3, -0.25) is 0 Å². The van der Waals surface area contributed by atoms with Crippen molar-refractivity contribution in [1.82, 2.24) is 0 Å². The SMILES string of the molecule is [B]C1CCC(C2CCCC(F)C2F)CC1. The quantitative estimate of drug-likeness (QED) is 0.582. The van der Waals surface area contributed by atoms with Gasteiger partial charge in [0.1, 0.15) is 12.3 Å². The number of hydrogen-bond acceptors (Lipinski definition) is 0. The first-order valence-corrected chi connectivity index (χ1v) is 6.22. The summed E-state index contributed by atoms with van der Waals surface area (Å²) in [4.78, 5) is 0. The highest BCUT2D eigenvalue weighted by molar-refractivity contribution is 6.11. The number of alkyl halides is 2. The Hall–Kier alpha value is -0.0751. The molecule has 0 aliphatic heterocycles. The van der Waals surface area contributed by atoms with Crippen LogP contribution in [0.25, 0.3) is 0 Å². The second kappa shape index (κ2) is 4.84. The zero-order valence-corrected chi connectivity index (χ0v) is 9.17. The van der Waals surface area contributed by atoms with Gasteiger partial charge in [0.25, 0.3) is 0 Å². The molecule has 0 N–H and O–H groups in total. The number of rotatable bonds is 1. The van der Waals surface area contributed by atoms with Crippen molar-refractivity contribution in [3.8, 4) is 0 Å². The van der Waals surface area contributed by atoms with Gasteiger partial charge in [0.05, 0.1) is 7.85 Å². The van der Waals surface area contributed by atoms with Crippen molar-refractivity contribution in [2.45, 2.75) is 63.1 Å². The van der Waals surface area contributed by atoms with Crippen LogP contribution in [0.3, 0.4) is 0 Å². The molecule has 2 radical (unpaired) electrons. The van der Waals surface area contributed by atoms with Crippen molar-refractivity contribution < 1.29 is 8.78 Å². The van der Waals surface area contributed by atoms with Gasteiger partial charge in [-0.2, -0.15) is 0 Å². The lowest BCUT2D eigenvalue weighted by Crippen LogP contribution is -2.37. The fraction of sp³-hybridized carbons (Fsp3) is 1.00. The Kier molecular flexibility index (Phi) is 3.68. The summed E-state index contributed by atoms with van der Waals surface area (Å²) in [5, 5.41) is 0. The lowest BCUT2D eigenvalue weighted by atomic mass is 9.66. The van der Waals surface area contributed by atoms with E-state index in [0.717, 1.165) is 38.5 Å². The Morgan fingerprint density at radius 3 is 2.20 bits per heavy atom. The Balaban J connectivity index is 1.91. The summed E-state index contributed by atoms with van der Waals surface area (Å²) in [5.41, 5.74) is 0. The highest BCUT2D eigenvalue weighted by Crippen LogP contribution is 2.42. The molecule has 0 heterocycles. The molecule has 3 atom stereocenters. The predicted octanol–water partition coefficient (Wildman–Crippen LogP) is 3.61. The van der Waals surface area contributed by atoms with Crippen LogP contribution in [0.15, 0.2) is 0 Å². The summed E-state index contributed by atoms with van der Waals surface area (Å²) >= 11 is 0. The Morgan fingerprint density at radius 2 is 1.53 bits per heavy atom. The van der Waals surface area contributed by atoms with Gasteiger partial charge in [-0.1, -0.05) is 37.9 Å². The molecule has 84 valence electrons. The first kappa shape index (κ1) is 11.4. The molecule has 2 fully saturated rings. The summed E-state index contributed by atoms with van der Waals surface area (Å²) in [6.45, 7) is 0. The van der Waals surface area contributed by atoms with Crippen LogP contribution >= 0.6 is 0 Å². The molecule has 2 rings (SSSR count). The fourth-order valence-electron chi connectivity index (χ4n) is 3.20. The monoisotopic (exact) mass is 212 g/mol. The molecular formula is C12H19BF2. The maximum absolute atomic E-state index is 13.7. The fourth-order valence-corrected chi connectivity index (χ4v) is 3.20. The first-order chi connectivity index (χ1) is 7.18. The molecule has 2 aliphatic rings. The summed E-state index contributed by atoms with van der Waals surface area (Å²) in [7, 11) is 5.82. The molecule has 3 heteroatoms. The molecule has 0 aromatic carbocycles. The minimum absolute atomic E-state index is 0.0266. The van der Waals surface area contributed by atoms with E-state index in [-0.39, 0.29) is 5.92 Å². The summed E-state index contributed by atoms with van der Waals surface area (Å²) in [6, 6.07) is 0. The molecule has 0 aromatic heterocycles. The van der Waals surface area contributed by atoms with E-state index in [1.807, 2.05) is 0 Å². The second-order valence-corrected chi connectivity index (χ2v) is 5.23. The zero-order chi connectivity index (χ0) is 10.8. The van der Waals surface area contributed by atoms with Gasteiger partial charge in [0.2, 0.25) is 0 Å². The normalized spacial score (nSPS) is 47.7. The van der Waals surface area contributed by atoms with Crippen LogP contribution in [0.1, 0.15) is 44.9 Å². The van der Waals surface area contributed by atoms with E-state index in [0.29, 0.717) is 18.2 Å². The Morgan fingerprint density at radius 1 is 0.867 bits per heavy atom. The summed E-state index contributed by atoms with van der Waals surface area (Å²) in [5.74, 6) is 0.656. The van der Waals surface area contributed by atoms with E-state index in [9.17, 15) is 8.78 Å². The average molecular weight is 212 g/mol. The molecule has 2 aliphatic carbocycles. The molecule has 0 aromatic rings. The third-order valence-corrected chi connectivity index (χ3v) is 4.19. The van der Waals surface area contributed by atoms with Crippen molar-refractivity contribution in [3.63, 3.8) is 0 Å². The van der Waals surface area contributed by atoms with Crippen LogP contribution in [-0.2, 0) is 0 Å². The standard InChI is InChI=1S/C12H19BF2/c13-9-6-4-8(5-7-9)10-2-1-3-11(14)12(10)15/h8-12H,1-7H2. The van der Waals surface area contributed by atoms with Gasteiger partial charge < -0.3 is 0 Å². The van der Waals surface area contributed by atoms with E-state index in [1.54, 1.807) is 0 Å². The van der Waals surface area contributed by atoms with Gasteiger partial charge in [0.15, 0.2) is 0 Å². The van der Waals surface area contributed by atoms with Crippen LogP contribution in [-0.4, -0.2) is 20.2 Å². The van der Waals surface area contributed by atoms with Crippen molar-refractivity contribution in [2.24, 2.45) is 11.8 Å². The average Bonchev–Trinajstić information content (AvgIpc) is 2.24. The van der Waals surface area contributed by atoms with Gasteiger partial charge in [-0.05, 0) is 24.7 Å². The van der Waals surface area contributed by atoms with Crippen LogP contribution in [0.4, 0.5) is 8.78 Å². The molecule has 0 saturated heterocycles. The minimum Gasteiger partial charge on any atom is -0.244 e. The predicted molar refractivity (Wildman–Crippen MR) is 58.6 cm³/mol. The molecule has 0 bridgehead atoms. The van der Waals surface area contributed by atoms with Crippen LogP contribution < -0.4 is 0 Å². The first-order valence-electron chi connectivity index (χ1n) is 6.22. The largest absolute Gasteiger partial charge is 0.244 e. The van der Waals surface area contributed by atoms with Crippen LogP contribution in [0.5, 0.6) is 0 Å². The summed E-state index contributed by atoms with van der Waals surface area (Å²) in [6.07, 6.45) is 3.71. The van der Waals surface area contributed by atoms with E-state index < -0.39 is 12.3 Å². The third kappa shape index (κ3) is 2.54. The van der Waals surface area contributed by atoms with Crippen LogP contribution in [0, 0.1) is 11.8 Å². The Bertz CT molecular complexity index is 202. The van der Waals surface area contributed by atoms with Crippen molar-refractivity contribution in [2.75, 3.05) is 0 Å². The smallest absolute Gasteiger partial charge is 0.134 e. The van der Waals surface area contributed by atoms with Crippen LogP contribution in [0.2, 0.25) is 5.82 Å². The maximum Gasteiger partial charge on any atom is 0.134 e.